The molecule has 23 heavy (non-hydrogen) atoms. The molecule has 3 rings (SSSR count). The molecule has 1 aliphatic carbocycles. The number of carbonyl (C=O) groups excluding carboxylic acids is 1. The van der Waals surface area contributed by atoms with Crippen LogP contribution < -0.4 is 10.6 Å². The van der Waals surface area contributed by atoms with E-state index in [-0.39, 0.29) is 12.1 Å². The van der Waals surface area contributed by atoms with Crippen molar-refractivity contribution in [3.63, 3.8) is 0 Å². The monoisotopic (exact) mass is 308 g/mol. The summed E-state index contributed by atoms with van der Waals surface area (Å²) < 4.78 is 0. The number of anilines is 1. The van der Waals surface area contributed by atoms with E-state index in [2.05, 4.69) is 60.9 Å². The maximum Gasteiger partial charge on any atom is 0.319 e. The molecular weight excluding hydrogens is 284 g/mol. The fraction of sp³-hybridized carbons (Fsp3) is 0.350. The van der Waals surface area contributed by atoms with E-state index in [9.17, 15) is 4.79 Å². The number of fused-ring (bicyclic) bond motifs is 1. The summed E-state index contributed by atoms with van der Waals surface area (Å²) in [6.07, 6.45) is 4.36. The topological polar surface area (TPSA) is 41.1 Å². The maximum absolute atomic E-state index is 12.3. The summed E-state index contributed by atoms with van der Waals surface area (Å²) in [6.45, 7) is 4.15. The molecule has 120 valence electrons. The number of hydrogen-bond donors (Lipinski definition) is 2. The van der Waals surface area contributed by atoms with Crippen molar-refractivity contribution in [2.24, 2.45) is 0 Å². The molecule has 0 unspecified atom stereocenters. The average molecular weight is 308 g/mol. The highest BCUT2D eigenvalue weighted by atomic mass is 16.2. The van der Waals surface area contributed by atoms with Gasteiger partial charge in [0.25, 0.3) is 0 Å². The van der Waals surface area contributed by atoms with Gasteiger partial charge in [0, 0.05) is 5.69 Å². The van der Waals surface area contributed by atoms with Crippen molar-refractivity contribution in [2.45, 2.75) is 45.6 Å². The van der Waals surface area contributed by atoms with E-state index in [0.29, 0.717) is 0 Å². The SMILES string of the molecule is CC[C@H](NC(=O)Nc1ccc2c(c1)CCC2)c1ccc(C)cc1. The molecule has 0 saturated carbocycles. The molecule has 2 amide bonds. The number of nitrogens with one attached hydrogen (secondary N) is 2. The van der Waals surface area contributed by atoms with Gasteiger partial charge >= 0.3 is 6.03 Å². The van der Waals surface area contributed by atoms with Gasteiger partial charge in [0.2, 0.25) is 0 Å². The minimum atomic E-state index is -0.143. The van der Waals surface area contributed by atoms with Gasteiger partial charge in [-0.05, 0) is 61.4 Å². The van der Waals surface area contributed by atoms with Crippen LogP contribution in [0.3, 0.4) is 0 Å². The van der Waals surface area contributed by atoms with E-state index in [1.165, 1.54) is 23.1 Å². The molecule has 0 aliphatic heterocycles. The predicted octanol–water partition coefficient (Wildman–Crippen LogP) is 4.76. The lowest BCUT2D eigenvalue weighted by Gasteiger charge is -2.18. The second-order valence-corrected chi connectivity index (χ2v) is 6.31. The Bertz CT molecular complexity index is 691. The van der Waals surface area contributed by atoms with Gasteiger partial charge in [0.05, 0.1) is 6.04 Å². The Morgan fingerprint density at radius 1 is 1.09 bits per heavy atom. The highest BCUT2D eigenvalue weighted by Crippen LogP contribution is 2.25. The number of aryl methyl sites for hydroxylation is 3. The lowest BCUT2D eigenvalue weighted by Crippen LogP contribution is -2.32. The molecule has 1 atom stereocenters. The first-order chi connectivity index (χ1) is 11.2. The van der Waals surface area contributed by atoms with Crippen LogP contribution in [0.5, 0.6) is 0 Å². The number of urea groups is 1. The summed E-state index contributed by atoms with van der Waals surface area (Å²) in [4.78, 5) is 12.3. The second-order valence-electron chi connectivity index (χ2n) is 6.31. The molecule has 0 bridgehead atoms. The summed E-state index contributed by atoms with van der Waals surface area (Å²) in [5, 5.41) is 6.04. The van der Waals surface area contributed by atoms with Gasteiger partial charge in [-0.15, -0.1) is 0 Å². The molecule has 0 saturated heterocycles. The average Bonchev–Trinajstić information content (AvgIpc) is 3.01. The van der Waals surface area contributed by atoms with Crippen LogP contribution in [0.1, 0.15) is 48.1 Å². The molecule has 0 heterocycles. The highest BCUT2D eigenvalue weighted by molar-refractivity contribution is 5.89. The zero-order valence-electron chi connectivity index (χ0n) is 13.9. The van der Waals surface area contributed by atoms with Crippen molar-refractivity contribution in [1.82, 2.24) is 5.32 Å². The third-order valence-corrected chi connectivity index (χ3v) is 4.55. The van der Waals surface area contributed by atoms with Crippen molar-refractivity contribution in [2.75, 3.05) is 5.32 Å². The van der Waals surface area contributed by atoms with Crippen LogP contribution in [-0.4, -0.2) is 6.03 Å². The maximum atomic E-state index is 12.3. The van der Waals surface area contributed by atoms with Crippen molar-refractivity contribution < 1.29 is 4.79 Å². The van der Waals surface area contributed by atoms with Crippen molar-refractivity contribution in [1.29, 1.82) is 0 Å². The molecule has 0 radical (unpaired) electrons. The zero-order chi connectivity index (χ0) is 16.2. The van der Waals surface area contributed by atoms with Crippen LogP contribution >= 0.6 is 0 Å². The molecule has 2 aromatic rings. The van der Waals surface area contributed by atoms with Gasteiger partial charge in [0.15, 0.2) is 0 Å². The zero-order valence-corrected chi connectivity index (χ0v) is 13.9. The number of rotatable bonds is 4. The third-order valence-electron chi connectivity index (χ3n) is 4.55. The van der Waals surface area contributed by atoms with Crippen molar-refractivity contribution >= 4 is 11.7 Å². The van der Waals surface area contributed by atoms with Crippen LogP contribution in [0.25, 0.3) is 0 Å². The minimum absolute atomic E-state index is 0.0324. The summed E-state index contributed by atoms with van der Waals surface area (Å²) in [6, 6.07) is 14.5. The molecular formula is C20H24N2O. The van der Waals surface area contributed by atoms with Crippen molar-refractivity contribution in [3.05, 3.63) is 64.7 Å². The van der Waals surface area contributed by atoms with Gasteiger partial charge in [-0.1, -0.05) is 42.8 Å². The molecule has 2 aromatic carbocycles. The molecule has 0 spiro atoms. The first-order valence-corrected chi connectivity index (χ1v) is 8.41. The first-order valence-electron chi connectivity index (χ1n) is 8.41. The summed E-state index contributed by atoms with van der Waals surface area (Å²) >= 11 is 0. The van der Waals surface area contributed by atoms with Gasteiger partial charge in [-0.3, -0.25) is 0 Å². The molecule has 3 nitrogen and oxygen atoms in total. The van der Waals surface area contributed by atoms with Crippen LogP contribution in [0, 0.1) is 6.92 Å². The molecule has 1 aliphatic rings. The lowest BCUT2D eigenvalue weighted by atomic mass is 10.0. The largest absolute Gasteiger partial charge is 0.331 e. The van der Waals surface area contributed by atoms with E-state index < -0.39 is 0 Å². The van der Waals surface area contributed by atoms with Crippen LogP contribution in [0.4, 0.5) is 10.5 Å². The second kappa shape index (κ2) is 6.86. The molecule has 3 heteroatoms. The quantitative estimate of drug-likeness (QED) is 0.840. The standard InChI is InChI=1S/C20H24N2O/c1-3-19(16-9-7-14(2)8-10-16)22-20(23)21-18-12-11-15-5-4-6-17(15)13-18/h7-13,19H,3-6H2,1-2H3,(H2,21,22,23)/t19-/m0/s1. The Morgan fingerprint density at radius 2 is 1.83 bits per heavy atom. The van der Waals surface area contributed by atoms with Crippen molar-refractivity contribution in [3.8, 4) is 0 Å². The van der Waals surface area contributed by atoms with E-state index in [1.54, 1.807) is 0 Å². The summed E-state index contributed by atoms with van der Waals surface area (Å²) in [5.74, 6) is 0. The molecule has 0 fully saturated rings. The number of carbonyl (C=O) groups is 1. The lowest BCUT2D eigenvalue weighted by molar-refractivity contribution is 0.248. The van der Waals surface area contributed by atoms with Gasteiger partial charge in [0.1, 0.15) is 0 Å². The fourth-order valence-electron chi connectivity index (χ4n) is 3.19. The fourth-order valence-corrected chi connectivity index (χ4v) is 3.19. The summed E-state index contributed by atoms with van der Waals surface area (Å²) in [5.41, 5.74) is 6.03. The Labute approximate surface area is 138 Å². The Kier molecular flexibility index (Phi) is 4.65. The van der Waals surface area contributed by atoms with Crippen LogP contribution in [-0.2, 0) is 12.8 Å². The van der Waals surface area contributed by atoms with Gasteiger partial charge in [-0.2, -0.15) is 0 Å². The number of hydrogen-bond acceptors (Lipinski definition) is 1. The van der Waals surface area contributed by atoms with E-state index >= 15 is 0 Å². The number of benzene rings is 2. The minimum Gasteiger partial charge on any atom is -0.331 e. The number of amides is 2. The van der Waals surface area contributed by atoms with E-state index in [1.807, 2.05) is 6.07 Å². The summed E-state index contributed by atoms with van der Waals surface area (Å²) in [7, 11) is 0. The first kappa shape index (κ1) is 15.6. The van der Waals surface area contributed by atoms with Gasteiger partial charge < -0.3 is 10.6 Å². The normalized spacial score (nSPS) is 14.2. The van der Waals surface area contributed by atoms with Crippen LogP contribution in [0.2, 0.25) is 0 Å². The predicted molar refractivity (Wildman–Crippen MR) is 94.8 cm³/mol. The van der Waals surface area contributed by atoms with E-state index in [4.69, 9.17) is 0 Å². The van der Waals surface area contributed by atoms with Gasteiger partial charge in [-0.25, -0.2) is 4.79 Å². The Morgan fingerprint density at radius 3 is 2.57 bits per heavy atom. The Balaban J connectivity index is 1.64. The smallest absolute Gasteiger partial charge is 0.319 e. The third kappa shape index (κ3) is 3.73. The molecule has 0 aromatic heterocycles. The highest BCUT2D eigenvalue weighted by Gasteiger charge is 2.14. The van der Waals surface area contributed by atoms with E-state index in [0.717, 1.165) is 30.5 Å². The molecule has 2 N–H and O–H groups in total. The Hall–Kier alpha value is -2.29. The van der Waals surface area contributed by atoms with Crippen LogP contribution in [0.15, 0.2) is 42.5 Å².